The van der Waals surface area contributed by atoms with Gasteiger partial charge in [0.15, 0.2) is 17.6 Å². The average molecular weight is 386 g/mol. The van der Waals surface area contributed by atoms with Crippen molar-refractivity contribution in [1.29, 1.82) is 0 Å². The molecule has 0 bridgehead atoms. The van der Waals surface area contributed by atoms with Gasteiger partial charge < -0.3 is 19.5 Å². The van der Waals surface area contributed by atoms with Crippen molar-refractivity contribution >= 4 is 5.91 Å². The molecule has 2 unspecified atom stereocenters. The van der Waals surface area contributed by atoms with E-state index in [1.807, 2.05) is 56.3 Å². The lowest BCUT2D eigenvalue weighted by atomic mass is 10.0. The molecule has 0 saturated heterocycles. The zero-order valence-corrected chi connectivity index (χ0v) is 17.5. The third-order valence-corrected chi connectivity index (χ3v) is 4.81. The van der Waals surface area contributed by atoms with Crippen molar-refractivity contribution in [2.24, 2.45) is 0 Å². The first kappa shape index (κ1) is 21.6. The molecule has 0 heterocycles. The number of hydrogen-bond donors (Lipinski definition) is 1. The van der Waals surface area contributed by atoms with Crippen molar-refractivity contribution in [1.82, 2.24) is 5.32 Å². The number of methoxy groups -OCH3 is 2. The van der Waals surface area contributed by atoms with Gasteiger partial charge >= 0.3 is 0 Å². The van der Waals surface area contributed by atoms with Crippen molar-refractivity contribution in [2.45, 2.75) is 52.2 Å². The van der Waals surface area contributed by atoms with E-state index < -0.39 is 6.10 Å². The summed E-state index contributed by atoms with van der Waals surface area (Å²) in [5.74, 6) is 1.90. The first-order valence-corrected chi connectivity index (χ1v) is 9.84. The molecule has 0 fully saturated rings. The van der Waals surface area contributed by atoms with Gasteiger partial charge in [-0.1, -0.05) is 39.0 Å². The van der Waals surface area contributed by atoms with Gasteiger partial charge in [0.2, 0.25) is 0 Å². The van der Waals surface area contributed by atoms with E-state index in [1.165, 1.54) is 5.56 Å². The van der Waals surface area contributed by atoms with Gasteiger partial charge in [-0.15, -0.1) is 0 Å². The van der Waals surface area contributed by atoms with Crippen LogP contribution in [0.25, 0.3) is 0 Å². The standard InChI is InChI=1S/C23H31NO4/c1-6-16-9-12-18(13-10-16)28-20(8-3)23(25)24-19(7-2)17-11-14-21(26-4)22(15-17)27-5/h9-15,19-20H,6-8H2,1-5H3,(H,24,25). The van der Waals surface area contributed by atoms with Crippen LogP contribution in [0.4, 0.5) is 0 Å². The molecule has 28 heavy (non-hydrogen) atoms. The van der Waals surface area contributed by atoms with Crippen molar-refractivity contribution in [2.75, 3.05) is 14.2 Å². The second-order valence-electron chi connectivity index (χ2n) is 6.60. The quantitative estimate of drug-likeness (QED) is 0.644. The van der Waals surface area contributed by atoms with E-state index in [-0.39, 0.29) is 11.9 Å². The van der Waals surface area contributed by atoms with Crippen LogP contribution in [0, 0.1) is 0 Å². The molecular formula is C23H31NO4. The second-order valence-corrected chi connectivity index (χ2v) is 6.60. The number of carbonyl (C=O) groups excluding carboxylic acids is 1. The van der Waals surface area contributed by atoms with Crippen LogP contribution in [-0.4, -0.2) is 26.2 Å². The minimum Gasteiger partial charge on any atom is -0.493 e. The number of amides is 1. The number of carbonyl (C=O) groups is 1. The maximum atomic E-state index is 12.8. The molecule has 0 saturated carbocycles. The molecule has 2 aromatic carbocycles. The number of hydrogen-bond acceptors (Lipinski definition) is 4. The first-order valence-electron chi connectivity index (χ1n) is 9.84. The van der Waals surface area contributed by atoms with Crippen molar-refractivity contribution in [3.63, 3.8) is 0 Å². The summed E-state index contributed by atoms with van der Waals surface area (Å²) in [7, 11) is 3.21. The molecular weight excluding hydrogens is 354 g/mol. The number of rotatable bonds is 10. The second kappa shape index (κ2) is 10.6. The number of nitrogens with one attached hydrogen (secondary N) is 1. The Labute approximate surface area is 168 Å². The summed E-state index contributed by atoms with van der Waals surface area (Å²) in [4.78, 5) is 12.8. The maximum Gasteiger partial charge on any atom is 0.261 e. The molecule has 0 aliphatic rings. The SMILES string of the molecule is CCc1ccc(OC(CC)C(=O)NC(CC)c2ccc(OC)c(OC)c2)cc1. The fourth-order valence-corrected chi connectivity index (χ4v) is 3.05. The van der Waals surface area contributed by atoms with Crippen molar-refractivity contribution in [3.8, 4) is 17.2 Å². The van der Waals surface area contributed by atoms with Crippen LogP contribution in [0.3, 0.4) is 0 Å². The highest BCUT2D eigenvalue weighted by atomic mass is 16.5. The summed E-state index contributed by atoms with van der Waals surface area (Å²) in [6, 6.07) is 13.5. The highest BCUT2D eigenvalue weighted by Gasteiger charge is 2.22. The molecule has 2 atom stereocenters. The van der Waals surface area contributed by atoms with Gasteiger partial charge in [0.05, 0.1) is 20.3 Å². The molecule has 2 rings (SSSR count). The topological polar surface area (TPSA) is 56.8 Å². The number of benzene rings is 2. The molecule has 5 nitrogen and oxygen atoms in total. The van der Waals surface area contributed by atoms with Gasteiger partial charge in [-0.2, -0.15) is 0 Å². The predicted molar refractivity (Wildman–Crippen MR) is 111 cm³/mol. The largest absolute Gasteiger partial charge is 0.493 e. The van der Waals surface area contributed by atoms with E-state index in [9.17, 15) is 4.79 Å². The Kier molecular flexibility index (Phi) is 8.18. The van der Waals surface area contributed by atoms with Crippen LogP contribution in [0.5, 0.6) is 17.2 Å². The highest BCUT2D eigenvalue weighted by Crippen LogP contribution is 2.31. The van der Waals surface area contributed by atoms with Gasteiger partial charge in [-0.05, 0) is 54.7 Å². The van der Waals surface area contributed by atoms with E-state index in [0.29, 0.717) is 23.7 Å². The van der Waals surface area contributed by atoms with E-state index in [4.69, 9.17) is 14.2 Å². The van der Waals surface area contributed by atoms with Crippen LogP contribution in [-0.2, 0) is 11.2 Å². The first-order chi connectivity index (χ1) is 13.6. The van der Waals surface area contributed by atoms with Gasteiger partial charge in [0.25, 0.3) is 5.91 Å². The van der Waals surface area contributed by atoms with Crippen LogP contribution in [0.15, 0.2) is 42.5 Å². The third-order valence-electron chi connectivity index (χ3n) is 4.81. The number of ether oxygens (including phenoxy) is 3. The van der Waals surface area contributed by atoms with E-state index in [2.05, 4.69) is 12.2 Å². The Morgan fingerprint density at radius 1 is 0.929 bits per heavy atom. The lowest BCUT2D eigenvalue weighted by Gasteiger charge is -2.23. The Morgan fingerprint density at radius 2 is 1.61 bits per heavy atom. The lowest BCUT2D eigenvalue weighted by Crippen LogP contribution is -2.39. The fraction of sp³-hybridized carbons (Fsp3) is 0.435. The van der Waals surface area contributed by atoms with Crippen LogP contribution < -0.4 is 19.5 Å². The van der Waals surface area contributed by atoms with Gasteiger partial charge in [0, 0.05) is 0 Å². The van der Waals surface area contributed by atoms with E-state index in [1.54, 1.807) is 14.2 Å². The zero-order chi connectivity index (χ0) is 20.5. The summed E-state index contributed by atoms with van der Waals surface area (Å²) in [6.07, 6.45) is 1.77. The normalized spacial score (nSPS) is 12.8. The van der Waals surface area contributed by atoms with Crippen molar-refractivity contribution in [3.05, 3.63) is 53.6 Å². The monoisotopic (exact) mass is 385 g/mol. The molecule has 1 N–H and O–H groups in total. The highest BCUT2D eigenvalue weighted by molar-refractivity contribution is 5.81. The molecule has 0 spiro atoms. The molecule has 2 aromatic rings. The van der Waals surface area contributed by atoms with Gasteiger partial charge in [-0.25, -0.2) is 0 Å². The fourth-order valence-electron chi connectivity index (χ4n) is 3.05. The molecule has 0 aromatic heterocycles. The van der Waals surface area contributed by atoms with Gasteiger partial charge in [-0.3, -0.25) is 4.79 Å². The van der Waals surface area contributed by atoms with E-state index in [0.717, 1.165) is 18.4 Å². The Balaban J connectivity index is 2.10. The molecule has 152 valence electrons. The van der Waals surface area contributed by atoms with Crippen LogP contribution >= 0.6 is 0 Å². The summed E-state index contributed by atoms with van der Waals surface area (Å²) >= 11 is 0. The number of aryl methyl sites for hydroxylation is 1. The third kappa shape index (κ3) is 5.41. The molecule has 5 heteroatoms. The maximum absolute atomic E-state index is 12.8. The predicted octanol–water partition coefficient (Wildman–Crippen LogP) is 4.69. The Bertz CT molecular complexity index is 758. The molecule has 0 aliphatic carbocycles. The zero-order valence-electron chi connectivity index (χ0n) is 17.5. The minimum absolute atomic E-state index is 0.122. The van der Waals surface area contributed by atoms with Crippen LogP contribution in [0.1, 0.15) is 50.8 Å². The minimum atomic E-state index is -0.540. The van der Waals surface area contributed by atoms with Crippen LogP contribution in [0.2, 0.25) is 0 Å². The lowest BCUT2D eigenvalue weighted by molar-refractivity contribution is -0.128. The smallest absolute Gasteiger partial charge is 0.261 e. The summed E-state index contributed by atoms with van der Waals surface area (Å²) in [5.41, 5.74) is 2.21. The summed E-state index contributed by atoms with van der Waals surface area (Å²) < 4.78 is 16.6. The molecule has 1 amide bonds. The summed E-state index contributed by atoms with van der Waals surface area (Å²) in [6.45, 7) is 6.09. The van der Waals surface area contributed by atoms with E-state index >= 15 is 0 Å². The summed E-state index contributed by atoms with van der Waals surface area (Å²) in [5, 5.41) is 3.11. The molecule has 0 radical (unpaired) electrons. The Hall–Kier alpha value is -2.69. The molecule has 0 aliphatic heterocycles. The van der Waals surface area contributed by atoms with Gasteiger partial charge in [0.1, 0.15) is 5.75 Å². The Morgan fingerprint density at radius 3 is 2.14 bits per heavy atom. The van der Waals surface area contributed by atoms with Crippen molar-refractivity contribution < 1.29 is 19.0 Å². The average Bonchev–Trinajstić information content (AvgIpc) is 2.75.